The van der Waals surface area contributed by atoms with Crippen molar-refractivity contribution in [2.45, 2.75) is 28.0 Å². The number of amides is 1. The van der Waals surface area contributed by atoms with E-state index < -0.39 is 46.1 Å². The minimum atomic E-state index is -4.47. The third-order valence-electron chi connectivity index (χ3n) is 4.24. The normalized spacial score (nSPS) is 11.9. The zero-order chi connectivity index (χ0) is 26.6. The Morgan fingerprint density at radius 2 is 1.11 bits per heavy atom. The molecule has 0 aromatic heterocycles. The molecule has 0 saturated heterocycles. The SMILES string of the molecule is CC(=O)CC(=O)Nc1ccc(S(=O)(=O)O)cc1.O=S(=O)(O)c1cccc2c(S(=O)(=O)O)cccc12. The molecule has 0 aliphatic carbocycles. The number of anilines is 1. The number of fused-ring (bicyclic) bond motifs is 1. The first kappa shape index (κ1) is 28.0. The van der Waals surface area contributed by atoms with E-state index in [1.165, 1.54) is 43.3 Å². The van der Waals surface area contributed by atoms with Gasteiger partial charge in [-0.3, -0.25) is 23.2 Å². The van der Waals surface area contributed by atoms with Crippen molar-refractivity contribution in [3.8, 4) is 0 Å². The number of rotatable bonds is 6. The number of ketones is 1. The summed E-state index contributed by atoms with van der Waals surface area (Å²) in [7, 11) is -13.2. The number of hydrogen-bond donors (Lipinski definition) is 4. The lowest BCUT2D eigenvalue weighted by atomic mass is 10.1. The van der Waals surface area contributed by atoms with E-state index in [4.69, 9.17) is 13.7 Å². The Hall–Kier alpha value is -3.21. The third-order valence-corrected chi connectivity index (χ3v) is 6.93. The topological polar surface area (TPSA) is 209 Å². The van der Waals surface area contributed by atoms with Crippen molar-refractivity contribution in [2.24, 2.45) is 0 Å². The summed E-state index contributed by atoms with van der Waals surface area (Å²) in [5, 5.41) is 2.46. The fourth-order valence-electron chi connectivity index (χ4n) is 2.84. The second-order valence-electron chi connectivity index (χ2n) is 6.98. The largest absolute Gasteiger partial charge is 0.326 e. The van der Waals surface area contributed by atoms with Crippen LogP contribution in [0.4, 0.5) is 5.69 Å². The predicted molar refractivity (Wildman–Crippen MR) is 124 cm³/mol. The van der Waals surface area contributed by atoms with E-state index in [1.54, 1.807) is 0 Å². The molecule has 3 aromatic rings. The van der Waals surface area contributed by atoms with Gasteiger partial charge in [0.05, 0.1) is 11.3 Å². The summed E-state index contributed by atoms with van der Waals surface area (Å²) in [4.78, 5) is 20.8. The van der Waals surface area contributed by atoms with Crippen LogP contribution in [-0.2, 0) is 39.9 Å². The van der Waals surface area contributed by atoms with Gasteiger partial charge in [0.1, 0.15) is 15.6 Å². The standard InChI is InChI=1S/C10H11NO5S.C10H8O6S2/c1-7(12)6-10(13)11-8-2-4-9(5-3-8)17(14,15)16;11-17(12,13)9-5-1-3-7-8(9)4-2-6-10(7)18(14,15)16/h2-5H,6H2,1H3,(H,11,13)(H,14,15,16);1-6H,(H,11,12,13)(H,14,15,16). The monoisotopic (exact) mass is 545 g/mol. The van der Waals surface area contributed by atoms with Gasteiger partial charge in [-0.05, 0) is 43.3 Å². The maximum Gasteiger partial charge on any atom is 0.295 e. The lowest BCUT2D eigenvalue weighted by molar-refractivity contribution is -0.124. The highest BCUT2D eigenvalue weighted by Gasteiger charge is 2.19. The molecule has 0 saturated carbocycles. The van der Waals surface area contributed by atoms with Gasteiger partial charge in [0.2, 0.25) is 5.91 Å². The van der Waals surface area contributed by atoms with Crippen LogP contribution in [0.15, 0.2) is 75.4 Å². The number of carbonyl (C=O) groups is 2. The first-order valence-electron chi connectivity index (χ1n) is 9.33. The van der Waals surface area contributed by atoms with Crippen molar-refractivity contribution in [2.75, 3.05) is 5.32 Å². The van der Waals surface area contributed by atoms with Gasteiger partial charge in [0, 0.05) is 16.5 Å². The van der Waals surface area contributed by atoms with Gasteiger partial charge in [0.25, 0.3) is 30.4 Å². The van der Waals surface area contributed by atoms with E-state index in [-0.39, 0.29) is 27.9 Å². The summed E-state index contributed by atoms with van der Waals surface area (Å²) >= 11 is 0. The molecule has 3 rings (SSSR count). The van der Waals surface area contributed by atoms with Crippen LogP contribution in [0.1, 0.15) is 13.3 Å². The number of benzene rings is 3. The molecule has 1 amide bonds. The molecule has 35 heavy (non-hydrogen) atoms. The second kappa shape index (κ2) is 10.6. The van der Waals surface area contributed by atoms with Crippen LogP contribution in [0.3, 0.4) is 0 Å². The zero-order valence-electron chi connectivity index (χ0n) is 17.8. The smallest absolute Gasteiger partial charge is 0.295 e. The average molecular weight is 546 g/mol. The average Bonchev–Trinajstić information content (AvgIpc) is 2.71. The molecule has 0 fully saturated rings. The zero-order valence-corrected chi connectivity index (χ0v) is 20.3. The van der Waals surface area contributed by atoms with Crippen LogP contribution in [-0.4, -0.2) is 50.6 Å². The fraction of sp³-hybridized carbons (Fsp3) is 0.100. The van der Waals surface area contributed by atoms with Gasteiger partial charge in [-0.2, -0.15) is 25.3 Å². The van der Waals surface area contributed by atoms with E-state index in [1.807, 2.05) is 0 Å². The van der Waals surface area contributed by atoms with Gasteiger partial charge in [-0.1, -0.05) is 24.3 Å². The van der Waals surface area contributed by atoms with Crippen LogP contribution in [0, 0.1) is 0 Å². The van der Waals surface area contributed by atoms with Crippen LogP contribution < -0.4 is 5.32 Å². The quantitative estimate of drug-likeness (QED) is 0.260. The highest BCUT2D eigenvalue weighted by atomic mass is 32.2. The van der Waals surface area contributed by atoms with Crippen LogP contribution >= 0.6 is 0 Å². The Labute approximate surface area is 200 Å². The molecule has 0 unspecified atom stereocenters. The summed E-state index contributed by atoms with van der Waals surface area (Å²) in [6.45, 7) is 1.29. The van der Waals surface area contributed by atoms with Gasteiger partial charge < -0.3 is 5.32 Å². The summed E-state index contributed by atoms with van der Waals surface area (Å²) in [6, 6.07) is 12.5. The molecular weight excluding hydrogens is 526 g/mol. The predicted octanol–water partition coefficient (Wildman–Crippen LogP) is 2.18. The van der Waals surface area contributed by atoms with Crippen molar-refractivity contribution in [1.82, 2.24) is 0 Å². The summed E-state index contributed by atoms with van der Waals surface area (Å²) in [5.74, 6) is -0.742. The molecule has 4 N–H and O–H groups in total. The van der Waals surface area contributed by atoms with E-state index in [2.05, 4.69) is 5.32 Å². The maximum atomic E-state index is 11.2. The molecule has 188 valence electrons. The molecule has 15 heteroatoms. The van der Waals surface area contributed by atoms with Crippen molar-refractivity contribution in [1.29, 1.82) is 0 Å². The van der Waals surface area contributed by atoms with Gasteiger partial charge in [-0.25, -0.2) is 0 Å². The van der Waals surface area contributed by atoms with Crippen LogP contribution in [0.2, 0.25) is 0 Å². The van der Waals surface area contributed by atoms with Crippen molar-refractivity contribution < 1.29 is 48.5 Å². The molecule has 3 aromatic carbocycles. The lowest BCUT2D eigenvalue weighted by Gasteiger charge is -2.06. The molecule has 0 bridgehead atoms. The second-order valence-corrected chi connectivity index (χ2v) is 11.2. The van der Waals surface area contributed by atoms with Crippen molar-refractivity contribution in [3.05, 3.63) is 60.7 Å². The van der Waals surface area contributed by atoms with Crippen LogP contribution in [0.5, 0.6) is 0 Å². The fourth-order valence-corrected chi connectivity index (χ4v) is 4.74. The Kier molecular flexibility index (Phi) is 8.48. The summed E-state index contributed by atoms with van der Waals surface area (Å²) < 4.78 is 92.9. The molecular formula is C20H19NO11S3. The Morgan fingerprint density at radius 3 is 1.46 bits per heavy atom. The highest BCUT2D eigenvalue weighted by molar-refractivity contribution is 7.86. The first-order chi connectivity index (χ1) is 16.0. The number of nitrogens with one attached hydrogen (secondary N) is 1. The molecule has 0 aliphatic rings. The minimum absolute atomic E-state index is 0.0233. The number of carbonyl (C=O) groups excluding carboxylic acids is 2. The Balaban J connectivity index is 0.000000247. The van der Waals surface area contributed by atoms with E-state index in [9.17, 15) is 34.8 Å². The maximum absolute atomic E-state index is 11.2. The molecule has 0 heterocycles. The Bertz CT molecular complexity index is 1520. The van der Waals surface area contributed by atoms with Crippen molar-refractivity contribution in [3.63, 3.8) is 0 Å². The number of hydrogen-bond acceptors (Lipinski definition) is 8. The molecule has 12 nitrogen and oxygen atoms in total. The summed E-state index contributed by atoms with van der Waals surface area (Å²) in [6.07, 6.45) is -0.236. The summed E-state index contributed by atoms with van der Waals surface area (Å²) in [5.41, 5.74) is 0.351. The minimum Gasteiger partial charge on any atom is -0.326 e. The van der Waals surface area contributed by atoms with E-state index in [0.29, 0.717) is 5.69 Å². The van der Waals surface area contributed by atoms with Gasteiger partial charge in [0.15, 0.2) is 0 Å². The Morgan fingerprint density at radius 1 is 0.686 bits per heavy atom. The third kappa shape index (κ3) is 7.91. The highest BCUT2D eigenvalue weighted by Crippen LogP contribution is 2.28. The lowest BCUT2D eigenvalue weighted by Crippen LogP contribution is -2.14. The van der Waals surface area contributed by atoms with Gasteiger partial charge in [-0.15, -0.1) is 0 Å². The molecule has 0 atom stereocenters. The number of Topliss-reactive ketones (excluding diaryl/α,β-unsaturated/α-hetero) is 1. The molecule has 0 aliphatic heterocycles. The van der Waals surface area contributed by atoms with E-state index >= 15 is 0 Å². The van der Waals surface area contributed by atoms with Crippen molar-refractivity contribution >= 4 is 58.5 Å². The molecule has 0 radical (unpaired) electrons. The van der Waals surface area contributed by atoms with Crippen LogP contribution in [0.25, 0.3) is 10.8 Å². The molecule has 0 spiro atoms. The van der Waals surface area contributed by atoms with E-state index in [0.717, 1.165) is 24.3 Å². The van der Waals surface area contributed by atoms with Gasteiger partial charge >= 0.3 is 0 Å². The first-order valence-corrected chi connectivity index (χ1v) is 13.7.